The van der Waals surface area contributed by atoms with Gasteiger partial charge in [0.25, 0.3) is 5.91 Å². The van der Waals surface area contributed by atoms with Crippen molar-refractivity contribution >= 4 is 28.4 Å². The van der Waals surface area contributed by atoms with Gasteiger partial charge in [0.15, 0.2) is 0 Å². The Morgan fingerprint density at radius 2 is 1.97 bits per heavy atom. The average Bonchev–Trinajstić information content (AvgIpc) is 2.98. The molecule has 0 aliphatic carbocycles. The van der Waals surface area contributed by atoms with E-state index in [-0.39, 0.29) is 19.6 Å². The number of fused-ring (bicyclic) bond motifs is 2. The van der Waals surface area contributed by atoms with Crippen molar-refractivity contribution in [2.24, 2.45) is 0 Å². The first kappa shape index (κ1) is 25.3. The minimum atomic E-state index is -4.85. The van der Waals surface area contributed by atoms with Crippen LogP contribution in [0.15, 0.2) is 30.6 Å². The monoisotopic (exact) mass is 473 g/mol. The number of nitrogens with one attached hydrogen (secondary N) is 1. The van der Waals surface area contributed by atoms with E-state index in [1.165, 1.54) is 7.05 Å². The highest BCUT2D eigenvalue weighted by Gasteiger charge is 2.49. The number of carbonyl (C=O) groups excluding carboxylic acids is 3. The number of hydrazine groups is 1. The molecule has 1 aromatic heterocycles. The van der Waals surface area contributed by atoms with E-state index in [2.05, 4.69) is 14.7 Å². The van der Waals surface area contributed by atoms with Gasteiger partial charge in [-0.2, -0.15) is 13.5 Å². The minimum absolute atomic E-state index is 0.0666. The lowest BCUT2D eigenvalue weighted by atomic mass is 10.0. The van der Waals surface area contributed by atoms with E-state index in [1.807, 2.05) is 25.1 Å². The smallest absolute Gasteiger partial charge is 0.428 e. The Bertz CT molecular complexity index is 858. The zero-order chi connectivity index (χ0) is 23.7. The van der Waals surface area contributed by atoms with Gasteiger partial charge in [-0.1, -0.05) is 19.4 Å². The number of carbonyl (C=O) groups is 3. The zero-order valence-electron chi connectivity index (χ0n) is 17.8. The standard InChI is InChI=1S/C13H22N4O8S.C5H5N/c1-3-4-7-24-13(20)15(2)14-11(18)10-6-5-9-8-16(10)12(19)17(9)25-26(21,22)23;1-2-4-6-5-3-1/h9-10H,3-8H2,1-2H3,(H,14,18)(H,21,22,23);1-5H/t9-,10+;/m1./s1. The molecule has 3 heterocycles. The topological polar surface area (TPSA) is 159 Å². The van der Waals surface area contributed by atoms with Crippen molar-refractivity contribution in [2.75, 3.05) is 20.2 Å². The number of urea groups is 1. The van der Waals surface area contributed by atoms with Crippen LogP contribution < -0.4 is 5.43 Å². The Hall–Kier alpha value is -2.97. The molecule has 32 heavy (non-hydrogen) atoms. The molecule has 1 aromatic rings. The summed E-state index contributed by atoms with van der Waals surface area (Å²) in [5, 5.41) is 1.43. The number of aromatic nitrogens is 1. The molecule has 2 bridgehead atoms. The maximum Gasteiger partial charge on any atom is 0.428 e. The van der Waals surface area contributed by atoms with Crippen LogP contribution >= 0.6 is 0 Å². The number of nitrogens with zero attached hydrogens (tertiary/aromatic N) is 4. The number of ether oxygens (including phenoxy) is 1. The van der Waals surface area contributed by atoms with E-state index in [0.29, 0.717) is 17.9 Å². The number of amides is 4. The maximum absolute atomic E-state index is 12.4. The van der Waals surface area contributed by atoms with E-state index in [1.54, 1.807) is 12.4 Å². The predicted molar refractivity (Wildman–Crippen MR) is 110 cm³/mol. The average molecular weight is 474 g/mol. The van der Waals surface area contributed by atoms with Crippen LogP contribution in [-0.2, 0) is 24.2 Å². The first-order chi connectivity index (χ1) is 15.1. The fraction of sp³-hybridized carbons (Fsp3) is 0.556. The molecule has 2 fully saturated rings. The molecule has 2 aliphatic rings. The molecule has 14 heteroatoms. The second-order valence-electron chi connectivity index (χ2n) is 7.04. The third-order valence-electron chi connectivity index (χ3n) is 4.64. The molecule has 2 atom stereocenters. The molecule has 4 amide bonds. The second kappa shape index (κ2) is 11.6. The van der Waals surface area contributed by atoms with Gasteiger partial charge in [-0.3, -0.25) is 19.8 Å². The molecular weight excluding hydrogens is 446 g/mol. The van der Waals surface area contributed by atoms with E-state index in [4.69, 9.17) is 9.29 Å². The summed E-state index contributed by atoms with van der Waals surface area (Å²) in [6, 6.07) is 3.37. The van der Waals surface area contributed by atoms with Crippen LogP contribution in [0.4, 0.5) is 9.59 Å². The SMILES string of the molecule is CCCCOC(=O)N(C)NC(=O)[C@@H]1CC[C@@H]2CN1C(=O)N2OS(=O)(=O)O.c1ccncc1. The van der Waals surface area contributed by atoms with E-state index >= 15 is 0 Å². The summed E-state index contributed by atoms with van der Waals surface area (Å²) in [6.07, 6.45) is 4.85. The van der Waals surface area contributed by atoms with Crippen molar-refractivity contribution < 1.29 is 36.4 Å². The number of piperidine rings is 1. The molecule has 0 saturated carbocycles. The molecule has 0 unspecified atom stereocenters. The van der Waals surface area contributed by atoms with Gasteiger partial charge in [0.2, 0.25) is 0 Å². The number of pyridine rings is 1. The first-order valence-corrected chi connectivity index (χ1v) is 11.3. The number of hydrogen-bond donors (Lipinski definition) is 2. The molecule has 2 saturated heterocycles. The molecule has 0 radical (unpaired) electrons. The third kappa shape index (κ3) is 7.32. The van der Waals surface area contributed by atoms with Gasteiger partial charge in [0.05, 0.1) is 12.6 Å². The fourth-order valence-corrected chi connectivity index (χ4v) is 3.49. The Balaban J connectivity index is 0.000000520. The lowest BCUT2D eigenvalue weighted by Gasteiger charge is -2.30. The lowest BCUT2D eigenvalue weighted by molar-refractivity contribution is -0.130. The van der Waals surface area contributed by atoms with E-state index < -0.39 is 40.5 Å². The molecule has 0 spiro atoms. The highest BCUT2D eigenvalue weighted by Crippen LogP contribution is 2.30. The van der Waals surface area contributed by atoms with Gasteiger partial charge < -0.3 is 9.64 Å². The zero-order valence-corrected chi connectivity index (χ0v) is 18.6. The van der Waals surface area contributed by atoms with Crippen molar-refractivity contribution in [3.05, 3.63) is 30.6 Å². The third-order valence-corrected chi connectivity index (χ3v) is 4.99. The summed E-state index contributed by atoms with van der Waals surface area (Å²) in [7, 11) is -3.53. The molecule has 178 valence electrons. The molecule has 2 aliphatic heterocycles. The highest BCUT2D eigenvalue weighted by atomic mass is 32.3. The first-order valence-electron chi connectivity index (χ1n) is 9.96. The van der Waals surface area contributed by atoms with E-state index in [0.717, 1.165) is 16.3 Å². The van der Waals surface area contributed by atoms with Gasteiger partial charge in [0.1, 0.15) is 6.04 Å². The Labute approximate surface area is 186 Å². The van der Waals surface area contributed by atoms with Crippen molar-refractivity contribution in [2.45, 2.75) is 44.7 Å². The van der Waals surface area contributed by atoms with Crippen LogP contribution in [0.2, 0.25) is 0 Å². The van der Waals surface area contributed by atoms with Gasteiger partial charge in [-0.15, -0.1) is 4.28 Å². The van der Waals surface area contributed by atoms with Gasteiger partial charge in [-0.05, 0) is 31.4 Å². The van der Waals surface area contributed by atoms with Gasteiger partial charge in [-0.25, -0.2) is 14.6 Å². The predicted octanol–water partition coefficient (Wildman–Crippen LogP) is 0.971. The van der Waals surface area contributed by atoms with Crippen LogP contribution in [-0.4, -0.2) is 83.2 Å². The van der Waals surface area contributed by atoms with Crippen LogP contribution in [0, 0.1) is 0 Å². The summed E-state index contributed by atoms with van der Waals surface area (Å²) < 4.78 is 39.7. The molecule has 0 aromatic carbocycles. The van der Waals surface area contributed by atoms with Crippen molar-refractivity contribution in [1.82, 2.24) is 25.4 Å². The Morgan fingerprint density at radius 1 is 1.28 bits per heavy atom. The lowest BCUT2D eigenvalue weighted by Crippen LogP contribution is -2.54. The normalized spacial score (nSPS) is 19.7. The number of hydrogen-bond acceptors (Lipinski definition) is 8. The molecular formula is C18H27N5O8S. The Morgan fingerprint density at radius 3 is 2.50 bits per heavy atom. The Kier molecular flexibility index (Phi) is 9.16. The largest absolute Gasteiger partial charge is 0.448 e. The molecule has 2 N–H and O–H groups in total. The van der Waals surface area contributed by atoms with Crippen LogP contribution in [0.3, 0.4) is 0 Å². The van der Waals surface area contributed by atoms with Crippen molar-refractivity contribution in [3.8, 4) is 0 Å². The van der Waals surface area contributed by atoms with Gasteiger partial charge in [0, 0.05) is 26.0 Å². The van der Waals surface area contributed by atoms with E-state index in [9.17, 15) is 22.8 Å². The summed E-state index contributed by atoms with van der Waals surface area (Å²) in [4.78, 5) is 41.3. The highest BCUT2D eigenvalue weighted by molar-refractivity contribution is 7.80. The quantitative estimate of drug-likeness (QED) is 0.349. The number of hydroxylamine groups is 2. The van der Waals surface area contributed by atoms with Crippen LogP contribution in [0.25, 0.3) is 0 Å². The second-order valence-corrected chi connectivity index (χ2v) is 8.04. The molecule has 13 nitrogen and oxygen atoms in total. The van der Waals surface area contributed by atoms with Crippen LogP contribution in [0.1, 0.15) is 32.6 Å². The summed E-state index contributed by atoms with van der Waals surface area (Å²) in [6.45, 7) is 2.24. The van der Waals surface area contributed by atoms with Gasteiger partial charge >= 0.3 is 22.5 Å². The minimum Gasteiger partial charge on any atom is -0.448 e. The number of unbranched alkanes of at least 4 members (excludes halogenated alkanes) is 1. The fourth-order valence-electron chi connectivity index (χ4n) is 3.10. The maximum atomic E-state index is 12.4. The van der Waals surface area contributed by atoms with Crippen molar-refractivity contribution in [3.63, 3.8) is 0 Å². The summed E-state index contributed by atoms with van der Waals surface area (Å²) in [5.74, 6) is -0.611. The summed E-state index contributed by atoms with van der Waals surface area (Å²) in [5.41, 5.74) is 2.34. The summed E-state index contributed by atoms with van der Waals surface area (Å²) >= 11 is 0. The van der Waals surface area contributed by atoms with Crippen LogP contribution in [0.5, 0.6) is 0 Å². The molecule has 3 rings (SSSR count). The van der Waals surface area contributed by atoms with Crippen molar-refractivity contribution in [1.29, 1.82) is 0 Å². The number of rotatable bonds is 6.